The second-order valence-electron chi connectivity index (χ2n) is 6.21. The quantitative estimate of drug-likeness (QED) is 0.491. The van der Waals surface area contributed by atoms with Crippen molar-refractivity contribution in [1.29, 1.82) is 0 Å². The summed E-state index contributed by atoms with van der Waals surface area (Å²) in [6.45, 7) is 0. The summed E-state index contributed by atoms with van der Waals surface area (Å²) in [4.78, 5) is 16.4. The fourth-order valence-electron chi connectivity index (χ4n) is 3.29. The molecule has 0 aliphatic rings. The van der Waals surface area contributed by atoms with Crippen molar-refractivity contribution < 1.29 is 0 Å². The van der Waals surface area contributed by atoms with Gasteiger partial charge in [0.1, 0.15) is 0 Å². The topological polar surface area (TPSA) is 59.4 Å². The van der Waals surface area contributed by atoms with Crippen LogP contribution in [0, 0.1) is 0 Å². The number of nitrogens with zero attached hydrogens (tertiary/aromatic N) is 4. The van der Waals surface area contributed by atoms with Gasteiger partial charge in [-0.05, 0) is 41.9 Å². The average Bonchev–Trinajstić information content (AvgIpc) is 3.21. The summed E-state index contributed by atoms with van der Waals surface area (Å²) in [5, 5.41) is 2.74. The Morgan fingerprint density at radius 1 is 0.923 bits per heavy atom. The van der Waals surface area contributed by atoms with Crippen molar-refractivity contribution in [2.24, 2.45) is 7.05 Å². The number of imidazole rings is 1. The van der Waals surface area contributed by atoms with Crippen molar-refractivity contribution in [2.45, 2.75) is 0 Å². The van der Waals surface area contributed by atoms with E-state index in [2.05, 4.69) is 44.2 Å². The Morgan fingerprint density at radius 2 is 1.81 bits per heavy atom. The Hall–Kier alpha value is -3.18. The summed E-state index contributed by atoms with van der Waals surface area (Å²) >= 11 is 6.09. The van der Waals surface area contributed by atoms with Gasteiger partial charge in [0.2, 0.25) is 5.28 Å². The summed E-state index contributed by atoms with van der Waals surface area (Å²) in [7, 11) is 1.91. The molecule has 0 unspecified atom stereocenters. The molecule has 4 heterocycles. The molecule has 0 fully saturated rings. The minimum absolute atomic E-state index is 0.474. The van der Waals surface area contributed by atoms with Gasteiger partial charge in [-0.2, -0.15) is 0 Å². The molecular weight excluding hydrogens is 346 g/mol. The molecule has 126 valence electrons. The fraction of sp³-hybridized carbons (Fsp3) is 0.0500. The Labute approximate surface area is 154 Å². The van der Waals surface area contributed by atoms with E-state index in [4.69, 9.17) is 11.6 Å². The predicted octanol–water partition coefficient (Wildman–Crippen LogP) is 4.83. The van der Waals surface area contributed by atoms with Crippen molar-refractivity contribution in [2.75, 3.05) is 0 Å². The number of aromatic amines is 1. The van der Waals surface area contributed by atoms with Crippen LogP contribution in [-0.4, -0.2) is 24.5 Å². The molecule has 6 heteroatoms. The number of H-pyrrole nitrogens is 1. The molecule has 0 saturated carbocycles. The second-order valence-corrected chi connectivity index (χ2v) is 6.55. The molecule has 0 atom stereocenters. The minimum Gasteiger partial charge on any atom is -0.353 e. The Morgan fingerprint density at radius 3 is 2.58 bits per heavy atom. The van der Waals surface area contributed by atoms with E-state index in [9.17, 15) is 0 Å². The molecule has 0 bridgehead atoms. The molecule has 0 aliphatic heterocycles. The summed E-state index contributed by atoms with van der Waals surface area (Å²) in [5.74, 6) is 0. The monoisotopic (exact) mass is 359 g/mol. The summed E-state index contributed by atoms with van der Waals surface area (Å²) < 4.78 is 1.88. The smallest absolute Gasteiger partial charge is 0.202 e. The highest BCUT2D eigenvalue weighted by Crippen LogP contribution is 2.32. The highest BCUT2D eigenvalue weighted by molar-refractivity contribution is 6.28. The van der Waals surface area contributed by atoms with Gasteiger partial charge in [-0.25, -0.2) is 4.98 Å². The van der Waals surface area contributed by atoms with Crippen LogP contribution in [0.5, 0.6) is 0 Å². The van der Waals surface area contributed by atoms with Gasteiger partial charge in [-0.15, -0.1) is 0 Å². The first-order valence-corrected chi connectivity index (χ1v) is 8.58. The first kappa shape index (κ1) is 15.1. The summed E-state index contributed by atoms with van der Waals surface area (Å²) in [5.41, 5.74) is 6.03. The number of nitrogens with one attached hydrogen (secondary N) is 1. The fourth-order valence-corrected chi connectivity index (χ4v) is 3.43. The Kier molecular flexibility index (Phi) is 3.30. The van der Waals surface area contributed by atoms with Crippen LogP contribution in [-0.2, 0) is 7.05 Å². The van der Waals surface area contributed by atoms with E-state index in [1.807, 2.05) is 36.1 Å². The number of hydrogen-bond acceptors (Lipinski definition) is 3. The van der Waals surface area contributed by atoms with Gasteiger partial charge in [0.25, 0.3) is 0 Å². The molecule has 4 aromatic heterocycles. The van der Waals surface area contributed by atoms with Crippen LogP contribution < -0.4 is 0 Å². The third-order valence-electron chi connectivity index (χ3n) is 4.67. The van der Waals surface area contributed by atoms with Crippen LogP contribution in [0.1, 0.15) is 0 Å². The molecule has 5 rings (SSSR count). The lowest BCUT2D eigenvalue weighted by Crippen LogP contribution is -1.91. The summed E-state index contributed by atoms with van der Waals surface area (Å²) in [6, 6.07) is 12.3. The second kappa shape index (κ2) is 5.68. The lowest BCUT2D eigenvalue weighted by atomic mass is 10.1. The van der Waals surface area contributed by atoms with E-state index in [0.29, 0.717) is 5.28 Å². The largest absolute Gasteiger partial charge is 0.353 e. The lowest BCUT2D eigenvalue weighted by molar-refractivity contribution is 0.923. The first-order chi connectivity index (χ1) is 12.7. The van der Waals surface area contributed by atoms with E-state index in [0.717, 1.165) is 44.3 Å². The van der Waals surface area contributed by atoms with E-state index in [-0.39, 0.29) is 0 Å². The van der Waals surface area contributed by atoms with Gasteiger partial charge in [0, 0.05) is 46.9 Å². The number of pyridine rings is 2. The molecule has 1 aromatic carbocycles. The maximum atomic E-state index is 6.09. The molecule has 0 amide bonds. The molecule has 5 nitrogen and oxygen atoms in total. The molecule has 0 saturated heterocycles. The lowest BCUT2D eigenvalue weighted by Gasteiger charge is -2.04. The molecule has 26 heavy (non-hydrogen) atoms. The van der Waals surface area contributed by atoms with Gasteiger partial charge in [0.15, 0.2) is 0 Å². The highest BCUT2D eigenvalue weighted by atomic mass is 35.5. The SMILES string of the molecule is Cn1c(-c2ccc3[nH]c4cnc(-c5cccnc5)cc4c3c2)cnc1Cl. The van der Waals surface area contributed by atoms with Crippen LogP contribution in [0.3, 0.4) is 0 Å². The number of hydrogen-bond donors (Lipinski definition) is 1. The van der Waals surface area contributed by atoms with E-state index in [1.165, 1.54) is 0 Å². The normalized spacial score (nSPS) is 11.5. The Balaban J connectivity index is 1.73. The van der Waals surface area contributed by atoms with Gasteiger partial charge in [0.05, 0.1) is 29.3 Å². The molecule has 0 radical (unpaired) electrons. The molecule has 1 N–H and O–H groups in total. The van der Waals surface area contributed by atoms with Gasteiger partial charge in [-0.3, -0.25) is 9.97 Å². The molecule has 0 spiro atoms. The number of fused-ring (bicyclic) bond motifs is 3. The van der Waals surface area contributed by atoms with Gasteiger partial charge < -0.3 is 9.55 Å². The van der Waals surface area contributed by atoms with E-state index < -0.39 is 0 Å². The average molecular weight is 360 g/mol. The van der Waals surface area contributed by atoms with Crippen LogP contribution in [0.2, 0.25) is 5.28 Å². The van der Waals surface area contributed by atoms with E-state index in [1.54, 1.807) is 12.4 Å². The van der Waals surface area contributed by atoms with Gasteiger partial charge in [-0.1, -0.05) is 6.07 Å². The zero-order chi connectivity index (χ0) is 17.7. The van der Waals surface area contributed by atoms with E-state index >= 15 is 0 Å². The zero-order valence-electron chi connectivity index (χ0n) is 13.9. The Bertz CT molecular complexity index is 1250. The van der Waals surface area contributed by atoms with Crippen molar-refractivity contribution in [3.63, 3.8) is 0 Å². The molecular formula is C20H14ClN5. The molecule has 0 aliphatic carbocycles. The zero-order valence-corrected chi connectivity index (χ0v) is 14.7. The predicted molar refractivity (Wildman–Crippen MR) is 104 cm³/mol. The van der Waals surface area contributed by atoms with Crippen molar-refractivity contribution >= 4 is 33.4 Å². The third kappa shape index (κ3) is 2.29. The number of halogens is 1. The molecule has 5 aromatic rings. The van der Waals surface area contributed by atoms with Gasteiger partial charge >= 0.3 is 0 Å². The third-order valence-corrected chi connectivity index (χ3v) is 5.02. The number of aromatic nitrogens is 5. The van der Waals surface area contributed by atoms with Crippen LogP contribution in [0.15, 0.2) is 61.2 Å². The maximum Gasteiger partial charge on any atom is 0.202 e. The van der Waals surface area contributed by atoms with Crippen LogP contribution in [0.25, 0.3) is 44.3 Å². The van der Waals surface area contributed by atoms with Crippen molar-refractivity contribution in [1.82, 2.24) is 24.5 Å². The minimum atomic E-state index is 0.474. The standard InChI is InChI=1S/C20H14ClN5/c1-26-19(11-24-20(26)21)12-4-5-16-14(7-12)15-8-17(23-10-18(15)25-16)13-3-2-6-22-9-13/h2-11,25H,1H3. The first-order valence-electron chi connectivity index (χ1n) is 8.20. The highest BCUT2D eigenvalue weighted by Gasteiger charge is 2.11. The number of rotatable bonds is 2. The van der Waals surface area contributed by atoms with Crippen molar-refractivity contribution in [3.05, 3.63) is 66.5 Å². The maximum absolute atomic E-state index is 6.09. The summed E-state index contributed by atoms with van der Waals surface area (Å²) in [6.07, 6.45) is 7.25. The van der Waals surface area contributed by atoms with Crippen LogP contribution in [0.4, 0.5) is 0 Å². The van der Waals surface area contributed by atoms with Crippen LogP contribution >= 0.6 is 11.6 Å². The number of benzene rings is 1. The van der Waals surface area contributed by atoms with Crippen molar-refractivity contribution in [3.8, 4) is 22.5 Å².